The van der Waals surface area contributed by atoms with Crippen LogP contribution in [0.3, 0.4) is 0 Å². The van der Waals surface area contributed by atoms with Crippen LogP contribution in [-0.4, -0.2) is 49.0 Å². The molecule has 2 fully saturated rings. The molecule has 2 aliphatic heterocycles. The fraction of sp³-hybridized carbons (Fsp3) is 1.00. The number of rotatable bonds is 3. The molecule has 4 nitrogen and oxygen atoms in total. The smallest absolute Gasteiger partial charge is 0.163 e. The van der Waals surface area contributed by atoms with E-state index in [2.05, 4.69) is 11.6 Å². The van der Waals surface area contributed by atoms with Crippen molar-refractivity contribution in [2.24, 2.45) is 5.92 Å². The largest absolute Gasteiger partial charge is 0.375 e. The third kappa shape index (κ3) is 3.52. The Morgan fingerprint density at radius 3 is 2.76 bits per heavy atom. The van der Waals surface area contributed by atoms with E-state index >= 15 is 0 Å². The average Bonchev–Trinajstić information content (AvgIpc) is 2.69. The molecule has 0 bridgehead atoms. The summed E-state index contributed by atoms with van der Waals surface area (Å²) in [6, 6.07) is 0. The first-order chi connectivity index (χ1) is 8.02. The minimum Gasteiger partial charge on any atom is -0.375 e. The first-order valence-corrected chi connectivity index (χ1v) is 8.02. The molecule has 0 aromatic rings. The predicted octanol–water partition coefficient (Wildman–Crippen LogP) is 2.22. The second-order valence-corrected chi connectivity index (χ2v) is 6.47. The van der Waals surface area contributed by atoms with Gasteiger partial charge in [-0.3, -0.25) is 4.67 Å². The monoisotopic (exact) mass is 281 g/mol. The summed E-state index contributed by atoms with van der Waals surface area (Å²) in [6.45, 7) is 9.30. The molecule has 4 unspecified atom stereocenters. The molecule has 0 aromatic heterocycles. The summed E-state index contributed by atoms with van der Waals surface area (Å²) in [5.41, 5.74) is 0. The zero-order valence-electron chi connectivity index (χ0n) is 10.6. The van der Waals surface area contributed by atoms with Crippen molar-refractivity contribution in [3.05, 3.63) is 0 Å². The highest BCUT2D eigenvalue weighted by atomic mass is 35.7. The average molecular weight is 282 g/mol. The number of hydrogen-bond acceptors (Lipinski definition) is 4. The van der Waals surface area contributed by atoms with E-state index in [1.807, 2.05) is 13.8 Å². The Morgan fingerprint density at radius 1 is 1.41 bits per heavy atom. The van der Waals surface area contributed by atoms with Crippen LogP contribution in [0.25, 0.3) is 0 Å². The van der Waals surface area contributed by atoms with Gasteiger partial charge >= 0.3 is 0 Å². The molecule has 2 aliphatic rings. The molecule has 4 atom stereocenters. The SMILES string of the molecule is CC(C1CN(PCl)CCO1)C1COC(C)(C)O1. The van der Waals surface area contributed by atoms with Crippen LogP contribution >= 0.6 is 19.3 Å². The molecule has 6 heteroatoms. The third-order valence-electron chi connectivity index (χ3n) is 3.42. The van der Waals surface area contributed by atoms with Crippen LogP contribution in [0, 0.1) is 5.92 Å². The highest BCUT2D eigenvalue weighted by molar-refractivity contribution is 7.66. The summed E-state index contributed by atoms with van der Waals surface area (Å²) in [4.78, 5) is 0. The van der Waals surface area contributed by atoms with Gasteiger partial charge in [-0.25, -0.2) is 0 Å². The molecule has 2 saturated heterocycles. The molecule has 0 amide bonds. The van der Waals surface area contributed by atoms with Crippen molar-refractivity contribution in [3.63, 3.8) is 0 Å². The molecule has 2 rings (SSSR count). The van der Waals surface area contributed by atoms with Crippen LogP contribution in [0.5, 0.6) is 0 Å². The van der Waals surface area contributed by atoms with E-state index in [0.717, 1.165) is 19.7 Å². The summed E-state index contributed by atoms with van der Waals surface area (Å²) in [5.74, 6) is -0.130. The van der Waals surface area contributed by atoms with Crippen LogP contribution in [0.15, 0.2) is 0 Å². The molecule has 0 spiro atoms. The van der Waals surface area contributed by atoms with E-state index in [-0.39, 0.29) is 12.2 Å². The number of hydrogen-bond donors (Lipinski definition) is 0. The minimum atomic E-state index is -0.457. The Hall–Kier alpha value is 0.560. The van der Waals surface area contributed by atoms with Gasteiger partial charge in [-0.05, 0) is 13.8 Å². The Bertz CT molecular complexity index is 267. The molecule has 0 aliphatic carbocycles. The fourth-order valence-corrected chi connectivity index (χ4v) is 3.17. The van der Waals surface area contributed by atoms with Crippen molar-refractivity contribution in [3.8, 4) is 0 Å². The van der Waals surface area contributed by atoms with E-state index < -0.39 is 5.79 Å². The molecular formula is C11H21ClNO3P. The van der Waals surface area contributed by atoms with Gasteiger partial charge < -0.3 is 14.2 Å². The van der Waals surface area contributed by atoms with Crippen molar-refractivity contribution in [2.75, 3.05) is 26.3 Å². The quantitative estimate of drug-likeness (QED) is 0.742. The van der Waals surface area contributed by atoms with Crippen LogP contribution < -0.4 is 0 Å². The van der Waals surface area contributed by atoms with E-state index in [1.54, 1.807) is 0 Å². The van der Waals surface area contributed by atoms with Gasteiger partial charge in [-0.1, -0.05) is 18.2 Å². The molecule has 2 heterocycles. The van der Waals surface area contributed by atoms with Crippen molar-refractivity contribution >= 4 is 19.3 Å². The van der Waals surface area contributed by atoms with E-state index in [0.29, 0.717) is 20.6 Å². The third-order valence-corrected chi connectivity index (χ3v) is 4.78. The highest BCUT2D eigenvalue weighted by Crippen LogP contribution is 2.32. The van der Waals surface area contributed by atoms with Gasteiger partial charge in [0.1, 0.15) is 0 Å². The summed E-state index contributed by atoms with van der Waals surface area (Å²) in [5, 5.41) is 0. The number of morpholine rings is 1. The van der Waals surface area contributed by atoms with Gasteiger partial charge in [0.2, 0.25) is 0 Å². The molecular weight excluding hydrogens is 261 g/mol. The maximum atomic E-state index is 5.90. The van der Waals surface area contributed by atoms with E-state index in [1.165, 1.54) is 0 Å². The first kappa shape index (κ1) is 14.0. The number of nitrogens with zero attached hydrogens (tertiary/aromatic N) is 1. The maximum absolute atomic E-state index is 5.90. The maximum Gasteiger partial charge on any atom is 0.163 e. The number of ether oxygens (including phenoxy) is 3. The summed E-state index contributed by atoms with van der Waals surface area (Å²) < 4.78 is 19.5. The van der Waals surface area contributed by atoms with Crippen LogP contribution in [0.1, 0.15) is 20.8 Å². The van der Waals surface area contributed by atoms with E-state index in [4.69, 9.17) is 25.5 Å². The van der Waals surface area contributed by atoms with Crippen molar-refractivity contribution in [2.45, 2.75) is 38.8 Å². The van der Waals surface area contributed by atoms with Gasteiger partial charge in [0, 0.05) is 27.1 Å². The molecule has 100 valence electrons. The van der Waals surface area contributed by atoms with Gasteiger partial charge in [-0.15, -0.1) is 0 Å². The van der Waals surface area contributed by atoms with Crippen LogP contribution in [0.4, 0.5) is 0 Å². The summed E-state index contributed by atoms with van der Waals surface area (Å²) in [7, 11) is 0.338. The van der Waals surface area contributed by atoms with Crippen LogP contribution in [-0.2, 0) is 14.2 Å². The normalized spacial score (nSPS) is 36.7. The zero-order chi connectivity index (χ0) is 12.5. The zero-order valence-corrected chi connectivity index (χ0v) is 12.4. The Morgan fingerprint density at radius 2 is 2.18 bits per heavy atom. The number of halogens is 1. The first-order valence-electron chi connectivity index (χ1n) is 6.06. The molecule has 0 radical (unpaired) electrons. The fourth-order valence-electron chi connectivity index (χ4n) is 2.28. The molecule has 0 aromatic carbocycles. The van der Waals surface area contributed by atoms with Gasteiger partial charge in [0.25, 0.3) is 0 Å². The Kier molecular flexibility index (Phi) is 4.67. The standard InChI is InChI=1S/C11H21ClNO3P/c1-8(10-7-15-11(2,3)16-10)9-6-13(17-12)4-5-14-9/h8-10,17H,4-7H2,1-3H3. The van der Waals surface area contributed by atoms with Gasteiger partial charge in [0.15, 0.2) is 5.79 Å². The summed E-state index contributed by atoms with van der Waals surface area (Å²) in [6.07, 6.45) is 0.311. The second-order valence-electron chi connectivity index (χ2n) is 5.17. The van der Waals surface area contributed by atoms with Crippen LogP contribution in [0.2, 0.25) is 0 Å². The molecule has 17 heavy (non-hydrogen) atoms. The highest BCUT2D eigenvalue weighted by Gasteiger charge is 2.39. The lowest BCUT2D eigenvalue weighted by atomic mass is 9.97. The lowest BCUT2D eigenvalue weighted by Gasteiger charge is -2.36. The van der Waals surface area contributed by atoms with Gasteiger partial charge in [-0.2, -0.15) is 0 Å². The van der Waals surface area contributed by atoms with Crippen molar-refractivity contribution in [1.29, 1.82) is 0 Å². The van der Waals surface area contributed by atoms with Gasteiger partial charge in [0.05, 0.1) is 25.4 Å². The topological polar surface area (TPSA) is 30.9 Å². The van der Waals surface area contributed by atoms with Crippen molar-refractivity contribution in [1.82, 2.24) is 4.67 Å². The lowest BCUT2D eigenvalue weighted by molar-refractivity contribution is -0.153. The lowest BCUT2D eigenvalue weighted by Crippen LogP contribution is -2.45. The minimum absolute atomic E-state index is 0.119. The Balaban J connectivity index is 1.89. The molecule has 0 saturated carbocycles. The second kappa shape index (κ2) is 5.68. The summed E-state index contributed by atoms with van der Waals surface area (Å²) >= 11 is 5.90. The van der Waals surface area contributed by atoms with E-state index in [9.17, 15) is 0 Å². The van der Waals surface area contributed by atoms with Crippen molar-refractivity contribution < 1.29 is 14.2 Å². The predicted molar refractivity (Wildman–Crippen MR) is 69.5 cm³/mol. The molecule has 0 N–H and O–H groups in total. The Labute approximate surface area is 110 Å².